The molecule has 39 heavy (non-hydrogen) atoms. The summed E-state index contributed by atoms with van der Waals surface area (Å²) in [4.78, 5) is 40.8. The third-order valence-electron chi connectivity index (χ3n) is 10.9. The highest BCUT2D eigenvalue weighted by atomic mass is 16.5. The Morgan fingerprint density at radius 2 is 1.74 bits per heavy atom. The van der Waals surface area contributed by atoms with E-state index < -0.39 is 56.6 Å². The van der Waals surface area contributed by atoms with E-state index in [1.165, 1.54) is 26.8 Å². The molecule has 0 saturated heterocycles. The van der Waals surface area contributed by atoms with Crippen LogP contribution in [-0.4, -0.2) is 50.0 Å². The maximum Gasteiger partial charge on any atom is 0.208 e. The second-order valence-electron chi connectivity index (χ2n) is 14.1. The van der Waals surface area contributed by atoms with E-state index in [0.717, 1.165) is 11.6 Å². The summed E-state index contributed by atoms with van der Waals surface area (Å²) in [7, 11) is 0. The number of Topliss-reactive ketones (excluding diaryl/α,β-unsaturated/α-hetero) is 2. The minimum absolute atomic E-state index is 0.0427. The first-order valence-electron chi connectivity index (χ1n) is 13.7. The van der Waals surface area contributed by atoms with Gasteiger partial charge in [-0.3, -0.25) is 14.4 Å². The fourth-order valence-electron chi connectivity index (χ4n) is 8.70. The molecule has 4 aliphatic rings. The average Bonchev–Trinajstić information content (AvgIpc) is 3.01. The molecule has 0 aromatic rings. The van der Waals surface area contributed by atoms with Gasteiger partial charge in [0.1, 0.15) is 17.5 Å². The summed E-state index contributed by atoms with van der Waals surface area (Å²) in [5, 5.41) is 33.2. The van der Waals surface area contributed by atoms with Crippen LogP contribution in [0.15, 0.2) is 35.6 Å². The second-order valence-corrected chi connectivity index (χ2v) is 14.1. The Labute approximate surface area is 231 Å². The molecule has 0 amide bonds. The molecule has 7 nitrogen and oxygen atoms in total. The van der Waals surface area contributed by atoms with Crippen molar-refractivity contribution in [3.63, 3.8) is 0 Å². The number of hydrogen-bond acceptors (Lipinski definition) is 7. The number of aliphatic hydroxyl groups excluding tert-OH is 1. The molecule has 0 bridgehead atoms. The number of ketones is 3. The minimum Gasteiger partial charge on any atom is -0.404 e. The standard InChI is InChI=1S/C32H42O7/c1-10-39-21-15-19-18(28(4,5)26(21)36)11-12-22-29(6)16-20(33)25(30(29,7)17-24(35)31(19,22)8)32(9,38)23(34)13-14-27(2,3)37/h1,11,13-15,19-20,22,25,33,37-38H,12,16-17H2,2-9H3. The van der Waals surface area contributed by atoms with Gasteiger partial charge in [-0.25, -0.2) is 0 Å². The first kappa shape index (κ1) is 29.5. The molecule has 3 N–H and O–H groups in total. The molecule has 0 aliphatic heterocycles. The molecule has 0 aromatic carbocycles. The molecule has 0 radical (unpaired) electrons. The van der Waals surface area contributed by atoms with Crippen molar-refractivity contribution >= 4 is 17.3 Å². The van der Waals surface area contributed by atoms with Gasteiger partial charge in [0, 0.05) is 23.7 Å². The third-order valence-corrected chi connectivity index (χ3v) is 10.9. The number of fused-ring (bicyclic) bond motifs is 5. The topological polar surface area (TPSA) is 121 Å². The zero-order valence-electron chi connectivity index (χ0n) is 24.3. The van der Waals surface area contributed by atoms with E-state index in [1.807, 2.05) is 27.7 Å². The second kappa shape index (κ2) is 8.73. The van der Waals surface area contributed by atoms with Crippen LogP contribution in [0.3, 0.4) is 0 Å². The van der Waals surface area contributed by atoms with Gasteiger partial charge in [0.05, 0.1) is 17.1 Å². The lowest BCUT2D eigenvalue weighted by Gasteiger charge is -2.63. The van der Waals surface area contributed by atoms with Crippen LogP contribution in [0.2, 0.25) is 0 Å². The van der Waals surface area contributed by atoms with E-state index in [4.69, 9.17) is 11.2 Å². The van der Waals surface area contributed by atoms with Crippen LogP contribution < -0.4 is 0 Å². The van der Waals surface area contributed by atoms with Gasteiger partial charge in [-0.15, -0.1) is 0 Å². The van der Waals surface area contributed by atoms with Crippen LogP contribution in [0, 0.1) is 51.9 Å². The lowest BCUT2D eigenvalue weighted by atomic mass is 9.39. The number of carbonyl (C=O) groups excluding carboxylic acids is 3. The smallest absolute Gasteiger partial charge is 0.208 e. The molecule has 2 fully saturated rings. The molecule has 0 heterocycles. The highest BCUT2D eigenvalue weighted by Gasteiger charge is 2.74. The molecule has 212 valence electrons. The maximum atomic E-state index is 14.3. The Hall–Kier alpha value is -2.53. The molecule has 8 atom stereocenters. The van der Waals surface area contributed by atoms with Crippen molar-refractivity contribution < 1.29 is 34.4 Å². The van der Waals surface area contributed by atoms with Crippen LogP contribution in [0.5, 0.6) is 0 Å². The highest BCUT2D eigenvalue weighted by Crippen LogP contribution is 2.73. The van der Waals surface area contributed by atoms with E-state index in [0.29, 0.717) is 12.8 Å². The highest BCUT2D eigenvalue weighted by molar-refractivity contribution is 6.02. The Balaban J connectivity index is 1.83. The summed E-state index contributed by atoms with van der Waals surface area (Å²) in [5.41, 5.74) is -5.69. The van der Waals surface area contributed by atoms with Crippen molar-refractivity contribution in [2.45, 2.75) is 92.0 Å². The lowest BCUT2D eigenvalue weighted by molar-refractivity contribution is -0.179. The molecule has 0 aromatic heterocycles. The molecular weight excluding hydrogens is 496 g/mol. The van der Waals surface area contributed by atoms with Crippen molar-refractivity contribution in [3.05, 3.63) is 35.6 Å². The largest absolute Gasteiger partial charge is 0.404 e. The summed E-state index contributed by atoms with van der Waals surface area (Å²) in [6.45, 7) is 14.0. The van der Waals surface area contributed by atoms with E-state index in [1.54, 1.807) is 6.08 Å². The number of hydrogen-bond donors (Lipinski definition) is 3. The van der Waals surface area contributed by atoms with Gasteiger partial charge in [-0.1, -0.05) is 44.9 Å². The first-order valence-corrected chi connectivity index (χ1v) is 13.7. The van der Waals surface area contributed by atoms with Gasteiger partial charge in [0.2, 0.25) is 5.78 Å². The average molecular weight is 539 g/mol. The number of terminal acetylenes is 1. The zero-order chi connectivity index (χ0) is 29.6. The Morgan fingerprint density at radius 3 is 2.31 bits per heavy atom. The Bertz CT molecular complexity index is 1250. The maximum absolute atomic E-state index is 14.3. The van der Waals surface area contributed by atoms with E-state index in [9.17, 15) is 29.7 Å². The van der Waals surface area contributed by atoms with E-state index in [2.05, 4.69) is 19.1 Å². The van der Waals surface area contributed by atoms with Crippen LogP contribution in [0.4, 0.5) is 0 Å². The number of carbonyl (C=O) groups is 3. The van der Waals surface area contributed by atoms with Gasteiger partial charge in [-0.2, -0.15) is 0 Å². The molecule has 8 unspecified atom stereocenters. The van der Waals surface area contributed by atoms with Crippen molar-refractivity contribution in [3.8, 4) is 12.5 Å². The summed E-state index contributed by atoms with van der Waals surface area (Å²) in [6.07, 6.45) is 13.5. The van der Waals surface area contributed by atoms with Gasteiger partial charge in [0.15, 0.2) is 11.5 Å². The van der Waals surface area contributed by atoms with Crippen LogP contribution in [0.1, 0.15) is 74.7 Å². The molecule has 4 aliphatic carbocycles. The number of aliphatic hydroxyl groups is 3. The Morgan fingerprint density at radius 1 is 1.13 bits per heavy atom. The van der Waals surface area contributed by atoms with Crippen LogP contribution in [-0.2, 0) is 19.1 Å². The molecule has 2 saturated carbocycles. The third kappa shape index (κ3) is 3.94. The SMILES string of the molecule is C#COC1=CC2C(=CCC3C2(C)C(=O)CC2(C)C(C(C)(O)C(=O)C=CC(C)(C)O)C(O)CC32C)C(C)(C)C1=O. The predicted molar refractivity (Wildman–Crippen MR) is 146 cm³/mol. The van der Waals surface area contributed by atoms with Crippen LogP contribution >= 0.6 is 0 Å². The number of ether oxygens (including phenoxy) is 1. The normalized spacial score (nSPS) is 41.0. The lowest BCUT2D eigenvalue weighted by Crippen LogP contribution is -2.64. The zero-order valence-corrected chi connectivity index (χ0v) is 24.3. The fraction of sp³-hybridized carbons (Fsp3) is 0.656. The predicted octanol–water partition coefficient (Wildman–Crippen LogP) is 3.67. The minimum atomic E-state index is -1.97. The molecule has 7 heteroatoms. The van der Waals surface area contributed by atoms with Crippen molar-refractivity contribution in [2.24, 2.45) is 39.4 Å². The van der Waals surface area contributed by atoms with Crippen LogP contribution in [0.25, 0.3) is 0 Å². The fourth-order valence-corrected chi connectivity index (χ4v) is 8.70. The number of allylic oxidation sites excluding steroid dienone is 4. The quantitative estimate of drug-likeness (QED) is 0.277. The molecule has 4 rings (SSSR count). The first-order chi connectivity index (χ1) is 17.7. The van der Waals surface area contributed by atoms with Crippen molar-refractivity contribution in [2.75, 3.05) is 0 Å². The van der Waals surface area contributed by atoms with E-state index in [-0.39, 0.29) is 29.7 Å². The Kier molecular flexibility index (Phi) is 6.59. The summed E-state index contributed by atoms with van der Waals surface area (Å²) in [6, 6.07) is 0. The van der Waals surface area contributed by atoms with E-state index >= 15 is 0 Å². The van der Waals surface area contributed by atoms with Crippen molar-refractivity contribution in [1.82, 2.24) is 0 Å². The summed E-state index contributed by atoms with van der Waals surface area (Å²) in [5.74, 6) is -2.41. The van der Waals surface area contributed by atoms with Gasteiger partial charge in [-0.05, 0) is 76.4 Å². The van der Waals surface area contributed by atoms with Crippen molar-refractivity contribution in [1.29, 1.82) is 0 Å². The van der Waals surface area contributed by atoms with Gasteiger partial charge in [0.25, 0.3) is 0 Å². The van der Waals surface area contributed by atoms with Gasteiger partial charge < -0.3 is 20.1 Å². The number of rotatable bonds is 5. The molecular formula is C32H42O7. The van der Waals surface area contributed by atoms with Gasteiger partial charge >= 0.3 is 0 Å². The summed E-state index contributed by atoms with van der Waals surface area (Å²) < 4.78 is 5.29. The monoisotopic (exact) mass is 538 g/mol. The summed E-state index contributed by atoms with van der Waals surface area (Å²) >= 11 is 0. The molecule has 0 spiro atoms.